The second kappa shape index (κ2) is 6.60. The molecule has 0 atom stereocenters. The van der Waals surface area contributed by atoms with Crippen molar-refractivity contribution in [3.63, 3.8) is 0 Å². The van der Waals surface area contributed by atoms with Gasteiger partial charge in [0.05, 0.1) is 5.52 Å². The summed E-state index contributed by atoms with van der Waals surface area (Å²) in [5, 5.41) is 5.43. The largest absolute Gasteiger partial charge is 0.340 e. The maximum atomic E-state index is 3.65. The zero-order valence-corrected chi connectivity index (χ0v) is 15.6. The highest BCUT2D eigenvalue weighted by Gasteiger charge is 2.13. The van der Waals surface area contributed by atoms with Crippen LogP contribution in [0.3, 0.4) is 0 Å². The molecule has 4 rings (SSSR count). The molecule has 0 aliphatic rings. The monoisotopic (exact) mass is 379 g/mol. The van der Waals surface area contributed by atoms with E-state index in [0.717, 1.165) is 11.0 Å². The summed E-state index contributed by atoms with van der Waals surface area (Å²) in [6.45, 7) is 3.36. The molecule has 0 saturated carbocycles. The lowest BCUT2D eigenvalue weighted by atomic mass is 10.0. The zero-order chi connectivity index (χ0) is 16.5. The fourth-order valence-corrected chi connectivity index (χ4v) is 4.12. The Bertz CT molecular complexity index is 1010. The van der Waals surface area contributed by atoms with Crippen LogP contribution in [0.1, 0.15) is 32.6 Å². The normalized spacial score (nSPS) is 11.8. The molecule has 0 spiro atoms. The second-order valence-electron chi connectivity index (χ2n) is 6.55. The fraction of sp³-hybridized carbons (Fsp3) is 0.273. The SMILES string of the molecule is CCCCCCn1c2cc(Br)ccc2c2c3ccccc3ccc21. The first-order chi connectivity index (χ1) is 11.8. The quantitative estimate of drug-likeness (QED) is 0.320. The standard InChI is InChI=1S/C22H22BrN/c1-2-3-4-7-14-24-20-13-10-16-8-5-6-9-18(16)22(20)19-12-11-17(23)15-21(19)24/h5-6,8-13,15H,2-4,7,14H2,1H3. The van der Waals surface area contributed by atoms with Crippen molar-refractivity contribution in [3.05, 3.63) is 59.1 Å². The van der Waals surface area contributed by atoms with Gasteiger partial charge in [-0.05, 0) is 35.4 Å². The maximum absolute atomic E-state index is 3.65. The Morgan fingerprint density at radius 2 is 1.71 bits per heavy atom. The minimum atomic E-state index is 1.09. The van der Waals surface area contributed by atoms with Gasteiger partial charge in [0.2, 0.25) is 0 Å². The van der Waals surface area contributed by atoms with E-state index < -0.39 is 0 Å². The summed E-state index contributed by atoms with van der Waals surface area (Å²) in [5.41, 5.74) is 2.70. The molecule has 0 unspecified atom stereocenters. The average molecular weight is 380 g/mol. The molecule has 0 fully saturated rings. The topological polar surface area (TPSA) is 4.93 Å². The Morgan fingerprint density at radius 3 is 2.58 bits per heavy atom. The first-order valence-electron chi connectivity index (χ1n) is 8.89. The maximum Gasteiger partial charge on any atom is 0.0502 e. The van der Waals surface area contributed by atoms with Crippen molar-refractivity contribution in [2.75, 3.05) is 0 Å². The van der Waals surface area contributed by atoms with Gasteiger partial charge in [-0.2, -0.15) is 0 Å². The molecule has 0 saturated heterocycles. The molecule has 122 valence electrons. The molecule has 0 aliphatic heterocycles. The number of unbranched alkanes of at least 4 members (excludes halogenated alkanes) is 3. The van der Waals surface area contributed by atoms with Crippen LogP contribution in [0.5, 0.6) is 0 Å². The molecule has 0 aliphatic carbocycles. The van der Waals surface area contributed by atoms with Gasteiger partial charge in [-0.15, -0.1) is 0 Å². The minimum absolute atomic E-state index is 1.09. The van der Waals surface area contributed by atoms with Gasteiger partial charge in [-0.25, -0.2) is 0 Å². The molecular weight excluding hydrogens is 358 g/mol. The van der Waals surface area contributed by atoms with Crippen LogP contribution in [-0.4, -0.2) is 4.57 Å². The molecule has 0 N–H and O–H groups in total. The van der Waals surface area contributed by atoms with E-state index in [2.05, 4.69) is 82.0 Å². The van der Waals surface area contributed by atoms with Gasteiger partial charge in [-0.3, -0.25) is 0 Å². The van der Waals surface area contributed by atoms with Crippen molar-refractivity contribution in [1.29, 1.82) is 0 Å². The Morgan fingerprint density at radius 1 is 0.833 bits per heavy atom. The highest BCUT2D eigenvalue weighted by Crippen LogP contribution is 2.36. The Labute approximate surface area is 151 Å². The Balaban J connectivity index is 1.97. The van der Waals surface area contributed by atoms with E-state index in [1.165, 1.54) is 58.3 Å². The van der Waals surface area contributed by atoms with Crippen LogP contribution in [0.15, 0.2) is 59.1 Å². The predicted molar refractivity (Wildman–Crippen MR) is 109 cm³/mol. The van der Waals surface area contributed by atoms with E-state index in [9.17, 15) is 0 Å². The molecule has 2 heteroatoms. The van der Waals surface area contributed by atoms with E-state index in [0.29, 0.717) is 0 Å². The number of rotatable bonds is 5. The van der Waals surface area contributed by atoms with Gasteiger partial charge in [0.15, 0.2) is 0 Å². The molecule has 4 aromatic rings. The lowest BCUT2D eigenvalue weighted by Gasteiger charge is -2.08. The third-order valence-electron chi connectivity index (χ3n) is 4.95. The molecule has 1 aromatic heterocycles. The van der Waals surface area contributed by atoms with Gasteiger partial charge in [0.1, 0.15) is 0 Å². The Kier molecular flexibility index (Phi) is 4.32. The van der Waals surface area contributed by atoms with Crippen molar-refractivity contribution < 1.29 is 0 Å². The number of halogens is 1. The highest BCUT2D eigenvalue weighted by atomic mass is 79.9. The van der Waals surface area contributed by atoms with Gasteiger partial charge < -0.3 is 4.57 Å². The third-order valence-corrected chi connectivity index (χ3v) is 5.45. The van der Waals surface area contributed by atoms with Crippen LogP contribution < -0.4 is 0 Å². The first kappa shape index (κ1) is 15.7. The number of hydrogen-bond acceptors (Lipinski definition) is 0. The fourth-order valence-electron chi connectivity index (χ4n) is 3.77. The number of aryl methyl sites for hydroxylation is 1. The summed E-state index contributed by atoms with van der Waals surface area (Å²) in [7, 11) is 0. The van der Waals surface area contributed by atoms with E-state index in [4.69, 9.17) is 0 Å². The molecule has 1 nitrogen and oxygen atoms in total. The summed E-state index contributed by atoms with van der Waals surface area (Å²) in [5.74, 6) is 0. The van der Waals surface area contributed by atoms with Crippen molar-refractivity contribution in [2.45, 2.75) is 39.2 Å². The summed E-state index contributed by atoms with van der Waals surface area (Å²) >= 11 is 3.65. The van der Waals surface area contributed by atoms with Gasteiger partial charge in [0.25, 0.3) is 0 Å². The van der Waals surface area contributed by atoms with Crippen LogP contribution >= 0.6 is 15.9 Å². The van der Waals surface area contributed by atoms with E-state index in [1.807, 2.05) is 0 Å². The van der Waals surface area contributed by atoms with Crippen molar-refractivity contribution in [2.24, 2.45) is 0 Å². The van der Waals surface area contributed by atoms with E-state index >= 15 is 0 Å². The van der Waals surface area contributed by atoms with Gasteiger partial charge in [-0.1, -0.05) is 78.5 Å². The van der Waals surface area contributed by atoms with Crippen LogP contribution in [0.2, 0.25) is 0 Å². The lowest BCUT2D eigenvalue weighted by Crippen LogP contribution is -1.97. The third kappa shape index (κ3) is 2.63. The van der Waals surface area contributed by atoms with Crippen LogP contribution in [0.4, 0.5) is 0 Å². The summed E-state index contributed by atoms with van der Waals surface area (Å²) in [6.07, 6.45) is 5.15. The summed E-state index contributed by atoms with van der Waals surface area (Å²) in [6, 6.07) is 20.0. The minimum Gasteiger partial charge on any atom is -0.340 e. The summed E-state index contributed by atoms with van der Waals surface area (Å²) in [4.78, 5) is 0. The van der Waals surface area contributed by atoms with E-state index in [-0.39, 0.29) is 0 Å². The average Bonchev–Trinajstić information content (AvgIpc) is 2.92. The van der Waals surface area contributed by atoms with Gasteiger partial charge in [0, 0.05) is 27.3 Å². The Hall–Kier alpha value is -1.80. The molecule has 24 heavy (non-hydrogen) atoms. The zero-order valence-electron chi connectivity index (χ0n) is 14.1. The molecule has 0 bridgehead atoms. The molecule has 0 amide bonds. The first-order valence-corrected chi connectivity index (χ1v) is 9.68. The van der Waals surface area contributed by atoms with Crippen molar-refractivity contribution >= 4 is 48.5 Å². The molecular formula is C22H22BrN. The summed E-state index contributed by atoms with van der Waals surface area (Å²) < 4.78 is 3.66. The number of benzene rings is 3. The van der Waals surface area contributed by atoms with Crippen LogP contribution in [0, 0.1) is 0 Å². The lowest BCUT2D eigenvalue weighted by molar-refractivity contribution is 0.602. The molecule has 3 aromatic carbocycles. The van der Waals surface area contributed by atoms with E-state index in [1.54, 1.807) is 0 Å². The highest BCUT2D eigenvalue weighted by molar-refractivity contribution is 9.10. The number of hydrogen-bond donors (Lipinski definition) is 0. The number of aromatic nitrogens is 1. The van der Waals surface area contributed by atoms with Crippen LogP contribution in [0.25, 0.3) is 32.6 Å². The van der Waals surface area contributed by atoms with Crippen LogP contribution in [-0.2, 0) is 6.54 Å². The second-order valence-corrected chi connectivity index (χ2v) is 7.47. The molecule has 1 heterocycles. The van der Waals surface area contributed by atoms with Crippen molar-refractivity contribution in [3.8, 4) is 0 Å². The number of nitrogens with zero attached hydrogens (tertiary/aromatic N) is 1. The van der Waals surface area contributed by atoms with Gasteiger partial charge >= 0.3 is 0 Å². The predicted octanol–water partition coefficient (Wildman–Crippen LogP) is 7.29. The molecule has 0 radical (unpaired) electrons. The van der Waals surface area contributed by atoms with Crippen molar-refractivity contribution in [1.82, 2.24) is 4.57 Å². The smallest absolute Gasteiger partial charge is 0.0502 e. The number of fused-ring (bicyclic) bond motifs is 5.